The minimum Gasteiger partial charge on any atom is -0.394 e. The third kappa shape index (κ3) is 4.80. The summed E-state index contributed by atoms with van der Waals surface area (Å²) in [5.74, 6) is 0. The summed E-state index contributed by atoms with van der Waals surface area (Å²) >= 11 is 0. The highest BCUT2D eigenvalue weighted by atomic mass is 16.7. The van der Waals surface area contributed by atoms with Crippen LogP contribution in [0.15, 0.2) is 0 Å². The summed E-state index contributed by atoms with van der Waals surface area (Å²) in [5, 5.41) is 46.5. The Morgan fingerprint density at radius 2 is 1.73 bits per heavy atom. The minimum atomic E-state index is -1.69. The van der Waals surface area contributed by atoms with Crippen molar-refractivity contribution in [1.82, 2.24) is 0 Å². The van der Waals surface area contributed by atoms with E-state index in [0.29, 0.717) is 0 Å². The monoisotopic (exact) mass is 325 g/mol. The first-order valence-corrected chi connectivity index (χ1v) is 7.09. The zero-order valence-corrected chi connectivity index (χ0v) is 12.4. The van der Waals surface area contributed by atoms with Crippen molar-refractivity contribution in [2.75, 3.05) is 6.61 Å². The molecule has 0 aromatic rings. The standard InChI is InChI=1S/C12H27N3O7/c1-4(5(13)2-6(14)11(19)20)21-12-8(15)10(18)9(17)7(3-16)22-12/h4-12,16-20H,2-3,13-15H2,1H3/t4-,5?,6?,7?,8?,9?,10?,12?/m0/s1. The van der Waals surface area contributed by atoms with Gasteiger partial charge in [0, 0.05) is 6.04 Å². The summed E-state index contributed by atoms with van der Waals surface area (Å²) in [6.45, 7) is 1.11. The van der Waals surface area contributed by atoms with Gasteiger partial charge in [-0.3, -0.25) is 0 Å². The van der Waals surface area contributed by atoms with Crippen molar-refractivity contribution in [3.8, 4) is 0 Å². The maximum atomic E-state index is 9.82. The lowest BCUT2D eigenvalue weighted by molar-refractivity contribution is -0.277. The molecule has 0 aromatic heterocycles. The first kappa shape index (κ1) is 19.6. The van der Waals surface area contributed by atoms with Gasteiger partial charge in [-0.05, 0) is 13.3 Å². The van der Waals surface area contributed by atoms with E-state index in [1.54, 1.807) is 6.92 Å². The maximum absolute atomic E-state index is 9.82. The summed E-state index contributed by atoms with van der Waals surface area (Å²) in [5.41, 5.74) is 17.1. The highest BCUT2D eigenvalue weighted by molar-refractivity contribution is 4.92. The summed E-state index contributed by atoms with van der Waals surface area (Å²) in [7, 11) is 0. The third-order valence-corrected chi connectivity index (χ3v) is 3.81. The highest BCUT2D eigenvalue weighted by Gasteiger charge is 2.43. The van der Waals surface area contributed by atoms with Crippen molar-refractivity contribution in [3.63, 3.8) is 0 Å². The summed E-state index contributed by atoms with van der Waals surface area (Å²) < 4.78 is 10.8. The Bertz CT molecular complexity index is 334. The Labute approximate surface area is 128 Å². The Morgan fingerprint density at radius 3 is 2.23 bits per heavy atom. The molecule has 7 unspecified atom stereocenters. The van der Waals surface area contributed by atoms with Gasteiger partial charge in [0.05, 0.1) is 24.8 Å². The van der Waals surface area contributed by atoms with Gasteiger partial charge < -0.3 is 52.2 Å². The predicted octanol–water partition coefficient (Wildman–Crippen LogP) is -4.49. The van der Waals surface area contributed by atoms with Crippen LogP contribution in [0.25, 0.3) is 0 Å². The zero-order chi connectivity index (χ0) is 17.0. The van der Waals surface area contributed by atoms with Gasteiger partial charge in [-0.2, -0.15) is 0 Å². The highest BCUT2D eigenvalue weighted by Crippen LogP contribution is 2.22. The average Bonchev–Trinajstić information content (AvgIpc) is 2.47. The second-order valence-electron chi connectivity index (χ2n) is 5.60. The van der Waals surface area contributed by atoms with Gasteiger partial charge in [-0.1, -0.05) is 0 Å². The van der Waals surface area contributed by atoms with Crippen LogP contribution in [0, 0.1) is 0 Å². The molecule has 1 aliphatic rings. The van der Waals surface area contributed by atoms with Crippen molar-refractivity contribution in [1.29, 1.82) is 0 Å². The minimum absolute atomic E-state index is 0.0788. The Balaban J connectivity index is 2.60. The van der Waals surface area contributed by atoms with Gasteiger partial charge >= 0.3 is 0 Å². The smallest absolute Gasteiger partial charge is 0.176 e. The van der Waals surface area contributed by atoms with E-state index in [4.69, 9.17) is 42.0 Å². The molecule has 0 amide bonds. The molecule has 1 fully saturated rings. The molecule has 1 aliphatic heterocycles. The van der Waals surface area contributed by atoms with Crippen LogP contribution in [0.1, 0.15) is 13.3 Å². The van der Waals surface area contributed by atoms with Crippen LogP contribution in [-0.2, 0) is 9.47 Å². The molecule has 1 rings (SSSR count). The third-order valence-electron chi connectivity index (χ3n) is 3.81. The van der Waals surface area contributed by atoms with E-state index in [0.717, 1.165) is 0 Å². The van der Waals surface area contributed by atoms with Crippen molar-refractivity contribution < 1.29 is 35.0 Å². The SMILES string of the molecule is C[C@H](OC1OC(CO)C(O)C(O)C1N)C(N)CC(N)C(O)O. The number of nitrogens with two attached hydrogens (primary N) is 3. The largest absolute Gasteiger partial charge is 0.394 e. The van der Waals surface area contributed by atoms with Gasteiger partial charge in [-0.15, -0.1) is 0 Å². The number of rotatable bonds is 7. The second-order valence-corrected chi connectivity index (χ2v) is 5.60. The van der Waals surface area contributed by atoms with Crippen LogP contribution < -0.4 is 17.2 Å². The van der Waals surface area contributed by atoms with Crippen molar-refractivity contribution in [3.05, 3.63) is 0 Å². The summed E-state index contributed by atoms with van der Waals surface area (Å²) in [4.78, 5) is 0. The van der Waals surface area contributed by atoms with E-state index in [1.807, 2.05) is 0 Å². The van der Waals surface area contributed by atoms with E-state index in [9.17, 15) is 10.2 Å². The quantitative estimate of drug-likeness (QED) is 0.211. The van der Waals surface area contributed by atoms with E-state index in [2.05, 4.69) is 0 Å². The van der Waals surface area contributed by atoms with Crippen molar-refractivity contribution in [2.24, 2.45) is 17.2 Å². The molecule has 1 heterocycles. The molecular weight excluding hydrogens is 298 g/mol. The molecule has 132 valence electrons. The molecule has 10 heteroatoms. The van der Waals surface area contributed by atoms with Crippen LogP contribution >= 0.6 is 0 Å². The molecule has 0 bridgehead atoms. The molecule has 0 spiro atoms. The van der Waals surface area contributed by atoms with Crippen LogP contribution in [0.5, 0.6) is 0 Å². The number of hydrogen-bond acceptors (Lipinski definition) is 10. The van der Waals surface area contributed by atoms with Gasteiger partial charge in [0.1, 0.15) is 18.3 Å². The molecule has 0 aliphatic carbocycles. The van der Waals surface area contributed by atoms with Crippen molar-refractivity contribution >= 4 is 0 Å². The Hall–Kier alpha value is -0.400. The normalized spacial score (nSPS) is 37.1. The fraction of sp³-hybridized carbons (Fsp3) is 1.00. The average molecular weight is 325 g/mol. The lowest BCUT2D eigenvalue weighted by Crippen LogP contribution is -2.63. The van der Waals surface area contributed by atoms with E-state index in [-0.39, 0.29) is 6.42 Å². The summed E-state index contributed by atoms with van der Waals surface area (Å²) in [6.07, 6.45) is -6.97. The molecule has 1 saturated heterocycles. The topological polar surface area (TPSA) is 198 Å². The molecule has 10 nitrogen and oxygen atoms in total. The van der Waals surface area contributed by atoms with Gasteiger partial charge in [0.15, 0.2) is 12.6 Å². The molecule has 0 radical (unpaired) electrons. The molecule has 8 atom stereocenters. The fourth-order valence-electron chi connectivity index (χ4n) is 2.17. The summed E-state index contributed by atoms with van der Waals surface area (Å²) in [6, 6.07) is -2.59. The van der Waals surface area contributed by atoms with Crippen LogP contribution in [0.4, 0.5) is 0 Å². The van der Waals surface area contributed by atoms with Gasteiger partial charge in [0.25, 0.3) is 0 Å². The number of aliphatic hydroxyl groups is 5. The Kier molecular flexibility index (Phi) is 7.55. The van der Waals surface area contributed by atoms with Crippen LogP contribution in [0.2, 0.25) is 0 Å². The predicted molar refractivity (Wildman–Crippen MR) is 75.1 cm³/mol. The molecule has 11 N–H and O–H groups in total. The maximum Gasteiger partial charge on any atom is 0.176 e. The second kappa shape index (κ2) is 8.45. The molecule has 22 heavy (non-hydrogen) atoms. The van der Waals surface area contributed by atoms with E-state index in [1.165, 1.54) is 0 Å². The number of ether oxygens (including phenoxy) is 2. The lowest BCUT2D eigenvalue weighted by atomic mass is 9.97. The van der Waals surface area contributed by atoms with Gasteiger partial charge in [-0.25, -0.2) is 0 Å². The first-order valence-electron chi connectivity index (χ1n) is 7.09. The van der Waals surface area contributed by atoms with Crippen molar-refractivity contribution in [2.45, 2.75) is 68.5 Å². The Morgan fingerprint density at radius 1 is 1.14 bits per heavy atom. The van der Waals surface area contributed by atoms with E-state index >= 15 is 0 Å². The van der Waals surface area contributed by atoms with Crippen LogP contribution in [0.3, 0.4) is 0 Å². The molecule has 0 saturated carbocycles. The van der Waals surface area contributed by atoms with Crippen LogP contribution in [-0.4, -0.2) is 87.3 Å². The first-order chi connectivity index (χ1) is 10.2. The number of hydrogen-bond donors (Lipinski definition) is 8. The van der Waals surface area contributed by atoms with E-state index < -0.39 is 61.7 Å². The fourth-order valence-corrected chi connectivity index (χ4v) is 2.17. The zero-order valence-electron chi connectivity index (χ0n) is 12.4. The molecule has 0 aromatic carbocycles. The molecular formula is C12H27N3O7. The van der Waals surface area contributed by atoms with Gasteiger partial charge in [0.2, 0.25) is 0 Å². The lowest BCUT2D eigenvalue weighted by Gasteiger charge is -2.41. The number of aliphatic hydroxyl groups excluding tert-OH is 4.